The molecule has 2 aliphatic rings. The molecule has 0 saturated carbocycles. The van der Waals surface area contributed by atoms with E-state index in [9.17, 15) is 9.59 Å². The Balaban J connectivity index is 1.59. The molecule has 0 spiro atoms. The molecule has 1 aromatic carbocycles. The maximum Gasteiger partial charge on any atom is 0.430 e. The van der Waals surface area contributed by atoms with Crippen molar-refractivity contribution in [2.45, 2.75) is 51.2 Å². The van der Waals surface area contributed by atoms with E-state index in [2.05, 4.69) is 5.10 Å². The Morgan fingerprint density at radius 2 is 2.00 bits per heavy atom. The zero-order valence-electron chi connectivity index (χ0n) is 16.4. The summed E-state index contributed by atoms with van der Waals surface area (Å²) in [4.78, 5) is 22.8. The topological polar surface area (TPSA) is 88.4 Å². The third kappa shape index (κ3) is 4.70. The van der Waals surface area contributed by atoms with Crippen molar-refractivity contribution >= 4 is 18.3 Å². The van der Waals surface area contributed by atoms with E-state index in [0.29, 0.717) is 18.1 Å². The van der Waals surface area contributed by atoms with Crippen molar-refractivity contribution in [3.8, 4) is 0 Å². The number of nitrogens with zero attached hydrogens (tertiary/aromatic N) is 2. The average Bonchev–Trinajstić information content (AvgIpc) is 3.30. The lowest BCUT2D eigenvalue weighted by Crippen LogP contribution is -2.30. The fourth-order valence-electron chi connectivity index (χ4n) is 4.05. The molecule has 2 fully saturated rings. The van der Waals surface area contributed by atoms with Crippen LogP contribution in [0.15, 0.2) is 29.4 Å². The van der Waals surface area contributed by atoms with Gasteiger partial charge in [-0.25, -0.2) is 14.6 Å². The summed E-state index contributed by atoms with van der Waals surface area (Å²) in [6, 6.07) is 7.03. The number of aromatic carboxylic acids is 1. The highest BCUT2D eigenvalue weighted by Gasteiger charge is 2.47. The Labute approximate surface area is 165 Å². The SMILES string of the molecule is CCCOC(=O)N(C)N=C[C@@H]1[C@@H](CCc2ccc(C(=O)O)cc2)[C@H]2CC[C@@H]1O2. The highest BCUT2D eigenvalue weighted by Crippen LogP contribution is 2.44. The van der Waals surface area contributed by atoms with Gasteiger partial charge in [-0.05, 0) is 55.7 Å². The zero-order chi connectivity index (χ0) is 20.1. The number of hydrogen-bond donors (Lipinski definition) is 1. The Morgan fingerprint density at radius 3 is 2.68 bits per heavy atom. The molecule has 0 radical (unpaired) electrons. The van der Waals surface area contributed by atoms with E-state index >= 15 is 0 Å². The van der Waals surface area contributed by atoms with Crippen LogP contribution in [-0.4, -0.2) is 54.3 Å². The van der Waals surface area contributed by atoms with Gasteiger partial charge < -0.3 is 14.6 Å². The largest absolute Gasteiger partial charge is 0.478 e. The first kappa shape index (κ1) is 20.3. The molecule has 4 atom stereocenters. The Morgan fingerprint density at radius 1 is 1.29 bits per heavy atom. The second-order valence-corrected chi connectivity index (χ2v) is 7.47. The number of fused-ring (bicyclic) bond motifs is 2. The van der Waals surface area contributed by atoms with Crippen LogP contribution >= 0.6 is 0 Å². The predicted molar refractivity (Wildman–Crippen MR) is 104 cm³/mol. The quantitative estimate of drug-likeness (QED) is 0.543. The van der Waals surface area contributed by atoms with Crippen LogP contribution in [0.3, 0.4) is 0 Å². The molecule has 7 heteroatoms. The van der Waals surface area contributed by atoms with Crippen LogP contribution in [0.2, 0.25) is 0 Å². The van der Waals surface area contributed by atoms with Gasteiger partial charge in [0.2, 0.25) is 0 Å². The van der Waals surface area contributed by atoms with Crippen LogP contribution in [0.4, 0.5) is 4.79 Å². The molecule has 28 heavy (non-hydrogen) atoms. The normalized spacial score (nSPS) is 25.9. The van der Waals surface area contributed by atoms with Crippen molar-refractivity contribution < 1.29 is 24.2 Å². The number of carboxylic acids is 1. The third-order valence-corrected chi connectivity index (χ3v) is 5.56. The first-order valence-corrected chi connectivity index (χ1v) is 9.92. The van der Waals surface area contributed by atoms with E-state index < -0.39 is 12.1 Å². The number of carbonyl (C=O) groups excluding carboxylic acids is 1. The van der Waals surface area contributed by atoms with E-state index in [1.165, 1.54) is 5.01 Å². The van der Waals surface area contributed by atoms with E-state index in [0.717, 1.165) is 37.7 Å². The first-order chi connectivity index (χ1) is 13.5. The summed E-state index contributed by atoms with van der Waals surface area (Å²) in [5.74, 6) is -0.383. The number of benzene rings is 1. The van der Waals surface area contributed by atoms with Crippen LogP contribution in [0, 0.1) is 11.8 Å². The third-order valence-electron chi connectivity index (χ3n) is 5.56. The second kappa shape index (κ2) is 9.19. The molecular formula is C21H28N2O5. The molecule has 2 heterocycles. The second-order valence-electron chi connectivity index (χ2n) is 7.47. The number of carboxylic acid groups (broad SMARTS) is 1. The van der Waals surface area contributed by atoms with Crippen molar-refractivity contribution in [2.24, 2.45) is 16.9 Å². The number of aryl methyl sites for hydroxylation is 1. The van der Waals surface area contributed by atoms with E-state index in [1.807, 2.05) is 25.3 Å². The summed E-state index contributed by atoms with van der Waals surface area (Å²) in [5, 5.41) is 14.5. The number of hydrazone groups is 1. The van der Waals surface area contributed by atoms with Crippen LogP contribution in [0.25, 0.3) is 0 Å². The van der Waals surface area contributed by atoms with Gasteiger partial charge in [0, 0.05) is 19.2 Å². The summed E-state index contributed by atoms with van der Waals surface area (Å²) in [6.07, 6.45) is 6.45. The average molecular weight is 388 g/mol. The van der Waals surface area contributed by atoms with Crippen molar-refractivity contribution in [1.29, 1.82) is 0 Å². The first-order valence-electron chi connectivity index (χ1n) is 9.92. The molecule has 0 unspecified atom stereocenters. The van der Waals surface area contributed by atoms with E-state index in [4.69, 9.17) is 14.6 Å². The number of ether oxygens (including phenoxy) is 2. The van der Waals surface area contributed by atoms with Gasteiger partial charge in [0.25, 0.3) is 0 Å². The van der Waals surface area contributed by atoms with Gasteiger partial charge >= 0.3 is 12.1 Å². The van der Waals surface area contributed by atoms with Crippen molar-refractivity contribution in [1.82, 2.24) is 5.01 Å². The van der Waals surface area contributed by atoms with E-state index in [-0.39, 0.29) is 18.1 Å². The van der Waals surface area contributed by atoms with Crippen LogP contribution in [0.1, 0.15) is 48.5 Å². The van der Waals surface area contributed by atoms with Gasteiger partial charge in [-0.1, -0.05) is 19.1 Å². The molecule has 7 nitrogen and oxygen atoms in total. The predicted octanol–water partition coefficient (Wildman–Crippen LogP) is 3.58. The summed E-state index contributed by atoms with van der Waals surface area (Å²) in [6.45, 7) is 2.34. The lowest BCUT2D eigenvalue weighted by molar-refractivity contribution is 0.0696. The molecule has 3 rings (SSSR count). The van der Waals surface area contributed by atoms with Crippen LogP contribution in [-0.2, 0) is 15.9 Å². The van der Waals surface area contributed by atoms with Gasteiger partial charge in [-0.2, -0.15) is 5.10 Å². The number of rotatable bonds is 8. The molecule has 1 amide bonds. The highest BCUT2D eigenvalue weighted by atomic mass is 16.6. The maximum absolute atomic E-state index is 11.9. The van der Waals surface area contributed by atoms with Crippen LogP contribution < -0.4 is 0 Å². The Kier molecular flexibility index (Phi) is 6.67. The summed E-state index contributed by atoms with van der Waals surface area (Å²) in [5.41, 5.74) is 1.42. The van der Waals surface area contributed by atoms with Crippen molar-refractivity contribution in [2.75, 3.05) is 13.7 Å². The fraction of sp³-hybridized carbons (Fsp3) is 0.571. The molecule has 1 N–H and O–H groups in total. The van der Waals surface area contributed by atoms with Crippen molar-refractivity contribution in [3.05, 3.63) is 35.4 Å². The summed E-state index contributed by atoms with van der Waals surface area (Å²) in [7, 11) is 1.60. The number of carbonyl (C=O) groups is 2. The molecule has 2 bridgehead atoms. The summed E-state index contributed by atoms with van der Waals surface area (Å²) < 4.78 is 11.2. The molecule has 1 aromatic rings. The van der Waals surface area contributed by atoms with Gasteiger partial charge in [-0.15, -0.1) is 0 Å². The number of amides is 1. The van der Waals surface area contributed by atoms with Gasteiger partial charge in [0.1, 0.15) is 0 Å². The minimum Gasteiger partial charge on any atom is -0.478 e. The zero-order valence-corrected chi connectivity index (χ0v) is 16.4. The monoisotopic (exact) mass is 388 g/mol. The fourth-order valence-corrected chi connectivity index (χ4v) is 4.05. The smallest absolute Gasteiger partial charge is 0.430 e. The molecule has 0 aliphatic carbocycles. The van der Waals surface area contributed by atoms with Gasteiger partial charge in [0.05, 0.1) is 24.4 Å². The molecule has 2 saturated heterocycles. The minimum absolute atomic E-state index is 0.160. The van der Waals surface area contributed by atoms with Gasteiger partial charge in [0.15, 0.2) is 0 Å². The molecule has 2 aliphatic heterocycles. The van der Waals surface area contributed by atoms with E-state index in [1.54, 1.807) is 19.2 Å². The highest BCUT2D eigenvalue weighted by molar-refractivity contribution is 5.87. The maximum atomic E-state index is 11.9. The molecule has 0 aromatic heterocycles. The Hall–Kier alpha value is -2.41. The minimum atomic E-state index is -0.911. The lowest BCUT2D eigenvalue weighted by Gasteiger charge is -2.25. The molecular weight excluding hydrogens is 360 g/mol. The molecule has 152 valence electrons. The summed E-state index contributed by atoms with van der Waals surface area (Å²) >= 11 is 0. The number of hydrogen-bond acceptors (Lipinski definition) is 5. The van der Waals surface area contributed by atoms with Crippen molar-refractivity contribution in [3.63, 3.8) is 0 Å². The lowest BCUT2D eigenvalue weighted by atomic mass is 9.77. The van der Waals surface area contributed by atoms with Crippen LogP contribution in [0.5, 0.6) is 0 Å². The standard InChI is InChI=1S/C21H28N2O5/c1-3-12-27-21(26)23(2)22-13-17-16(18-10-11-19(17)28-18)9-6-14-4-7-15(8-5-14)20(24)25/h4-5,7-8,13,16-19H,3,6,9-12H2,1-2H3,(H,24,25)/t16-,17-,18-,19+/m1/s1. The van der Waals surface area contributed by atoms with Gasteiger partial charge in [-0.3, -0.25) is 0 Å². The Bertz CT molecular complexity index is 718.